The van der Waals surface area contributed by atoms with Crippen LogP contribution in [-0.2, 0) is 25.7 Å². The summed E-state index contributed by atoms with van der Waals surface area (Å²) in [7, 11) is 1.63. The molecule has 0 aromatic heterocycles. The maximum absolute atomic E-state index is 12.1. The average molecular weight is 334 g/mol. The molecule has 0 unspecified atom stereocenters. The zero-order valence-corrected chi connectivity index (χ0v) is 14.6. The van der Waals surface area contributed by atoms with E-state index < -0.39 is 0 Å². The molecule has 0 amide bonds. The molecule has 0 spiro atoms. The van der Waals surface area contributed by atoms with Crippen LogP contribution in [-0.4, -0.2) is 31.6 Å². The molecule has 1 aromatic carbocycles. The predicted octanol–water partition coefficient (Wildman–Crippen LogP) is 3.15. The lowest BCUT2D eigenvalue weighted by atomic mass is 9.90. The summed E-state index contributed by atoms with van der Waals surface area (Å²) in [5.41, 5.74) is 1.03. The van der Waals surface area contributed by atoms with Gasteiger partial charge in [0.1, 0.15) is 18.1 Å². The van der Waals surface area contributed by atoms with E-state index in [1.807, 2.05) is 24.3 Å². The molecular weight excluding hydrogens is 308 g/mol. The van der Waals surface area contributed by atoms with Crippen LogP contribution in [0.3, 0.4) is 0 Å². The summed E-state index contributed by atoms with van der Waals surface area (Å²) in [4.78, 5) is 23.0. The van der Waals surface area contributed by atoms with Crippen LogP contribution in [0.4, 0.5) is 0 Å². The third-order valence-corrected chi connectivity index (χ3v) is 4.62. The zero-order chi connectivity index (χ0) is 17.5. The summed E-state index contributed by atoms with van der Waals surface area (Å²) in [6.07, 6.45) is 2.13. The van der Waals surface area contributed by atoms with Crippen LogP contribution < -0.4 is 4.74 Å². The van der Waals surface area contributed by atoms with Crippen molar-refractivity contribution in [2.45, 2.75) is 51.9 Å². The highest BCUT2D eigenvalue weighted by atomic mass is 16.5. The molecule has 1 fully saturated rings. The van der Waals surface area contributed by atoms with Gasteiger partial charge in [0.2, 0.25) is 0 Å². The Kier molecular flexibility index (Phi) is 6.79. The SMILES string of the molecule is COc1ccc(CO[C@@H]2CC(=O)O[C@H]([C@H](C)C=O)CC[C@@H]2C)cc1. The number of methoxy groups -OCH3 is 1. The molecule has 2 rings (SSSR count). The van der Waals surface area contributed by atoms with Gasteiger partial charge in [-0.1, -0.05) is 26.0 Å². The smallest absolute Gasteiger partial charge is 0.308 e. The van der Waals surface area contributed by atoms with Gasteiger partial charge in [-0.25, -0.2) is 0 Å². The molecule has 0 bridgehead atoms. The van der Waals surface area contributed by atoms with Crippen LogP contribution in [0.5, 0.6) is 5.75 Å². The Bertz CT molecular complexity index is 539. The topological polar surface area (TPSA) is 61.8 Å². The van der Waals surface area contributed by atoms with E-state index in [1.54, 1.807) is 14.0 Å². The molecule has 1 heterocycles. The number of cyclic esters (lactones) is 1. The molecule has 1 aromatic rings. The maximum Gasteiger partial charge on any atom is 0.308 e. The van der Waals surface area contributed by atoms with E-state index >= 15 is 0 Å². The van der Waals surface area contributed by atoms with E-state index in [-0.39, 0.29) is 36.4 Å². The van der Waals surface area contributed by atoms with Crippen LogP contribution in [0.1, 0.15) is 38.7 Å². The molecule has 1 saturated heterocycles. The first-order chi connectivity index (χ1) is 11.5. The van der Waals surface area contributed by atoms with Crippen molar-refractivity contribution in [2.75, 3.05) is 7.11 Å². The lowest BCUT2D eigenvalue weighted by molar-refractivity contribution is -0.160. The summed E-state index contributed by atoms with van der Waals surface area (Å²) >= 11 is 0. The molecule has 0 aliphatic carbocycles. The highest BCUT2D eigenvalue weighted by molar-refractivity contribution is 5.71. The number of carbonyl (C=O) groups excluding carboxylic acids is 2. The van der Waals surface area contributed by atoms with E-state index in [2.05, 4.69) is 6.92 Å². The Hall–Kier alpha value is -1.88. The minimum absolute atomic E-state index is 0.174. The molecule has 5 nitrogen and oxygen atoms in total. The first-order valence-electron chi connectivity index (χ1n) is 8.42. The molecular formula is C19H26O5. The molecule has 5 heteroatoms. The number of esters is 1. The first kappa shape index (κ1) is 18.5. The summed E-state index contributed by atoms with van der Waals surface area (Å²) in [5, 5.41) is 0. The minimum Gasteiger partial charge on any atom is -0.497 e. The summed E-state index contributed by atoms with van der Waals surface area (Å²) < 4.78 is 16.5. The van der Waals surface area contributed by atoms with Crippen molar-refractivity contribution in [1.82, 2.24) is 0 Å². The fraction of sp³-hybridized carbons (Fsp3) is 0.579. The van der Waals surface area contributed by atoms with Gasteiger partial charge in [0.15, 0.2) is 0 Å². The van der Waals surface area contributed by atoms with Crippen molar-refractivity contribution < 1.29 is 23.8 Å². The minimum atomic E-state index is -0.319. The van der Waals surface area contributed by atoms with Crippen molar-refractivity contribution in [2.24, 2.45) is 11.8 Å². The van der Waals surface area contributed by atoms with Gasteiger partial charge in [0, 0.05) is 5.92 Å². The van der Waals surface area contributed by atoms with E-state index in [9.17, 15) is 9.59 Å². The number of benzene rings is 1. The molecule has 0 N–H and O–H groups in total. The van der Waals surface area contributed by atoms with Crippen LogP contribution in [0.2, 0.25) is 0 Å². The number of ether oxygens (including phenoxy) is 3. The Morgan fingerprint density at radius 2 is 2.00 bits per heavy atom. The summed E-state index contributed by atoms with van der Waals surface area (Å²) in [5.74, 6) is 0.479. The quantitative estimate of drug-likeness (QED) is 0.591. The van der Waals surface area contributed by atoms with E-state index in [0.717, 1.165) is 24.0 Å². The fourth-order valence-corrected chi connectivity index (χ4v) is 2.86. The van der Waals surface area contributed by atoms with Crippen LogP contribution in [0, 0.1) is 11.8 Å². The highest BCUT2D eigenvalue weighted by Crippen LogP contribution is 2.26. The Balaban J connectivity index is 1.92. The van der Waals surface area contributed by atoms with Gasteiger partial charge in [-0.2, -0.15) is 0 Å². The van der Waals surface area contributed by atoms with Crippen molar-refractivity contribution in [3.05, 3.63) is 29.8 Å². The standard InChI is InChI=1S/C19H26O5/c1-13-4-9-17(14(2)11-20)24-19(21)10-18(13)23-12-15-5-7-16(22-3)8-6-15/h5-8,11,13-14,17-18H,4,9-10,12H2,1-3H3/t13-,14+,17-,18+/m0/s1. The van der Waals surface area contributed by atoms with Crippen molar-refractivity contribution in [1.29, 1.82) is 0 Å². The number of rotatable bonds is 6. The number of carbonyl (C=O) groups is 2. The lowest BCUT2D eigenvalue weighted by Crippen LogP contribution is -2.35. The maximum atomic E-state index is 12.1. The van der Waals surface area contributed by atoms with Gasteiger partial charge < -0.3 is 19.0 Å². The Morgan fingerprint density at radius 3 is 2.62 bits per heavy atom. The van der Waals surface area contributed by atoms with Crippen molar-refractivity contribution in [3.63, 3.8) is 0 Å². The third kappa shape index (κ3) is 5.06. The van der Waals surface area contributed by atoms with Crippen LogP contribution in [0.15, 0.2) is 24.3 Å². The van der Waals surface area contributed by atoms with E-state index in [1.165, 1.54) is 0 Å². The molecule has 24 heavy (non-hydrogen) atoms. The molecule has 0 radical (unpaired) electrons. The second kappa shape index (κ2) is 8.83. The lowest BCUT2D eigenvalue weighted by Gasteiger charge is -2.30. The normalized spacial score (nSPS) is 26.0. The average Bonchev–Trinajstić information content (AvgIpc) is 2.60. The van der Waals surface area contributed by atoms with E-state index in [4.69, 9.17) is 14.2 Å². The third-order valence-electron chi connectivity index (χ3n) is 4.62. The predicted molar refractivity (Wildman–Crippen MR) is 89.7 cm³/mol. The Morgan fingerprint density at radius 1 is 1.29 bits per heavy atom. The van der Waals surface area contributed by atoms with Gasteiger partial charge in [-0.05, 0) is 36.5 Å². The number of aldehydes is 1. The largest absolute Gasteiger partial charge is 0.497 e. The van der Waals surface area contributed by atoms with E-state index in [0.29, 0.717) is 13.0 Å². The van der Waals surface area contributed by atoms with Gasteiger partial charge in [-0.15, -0.1) is 0 Å². The van der Waals surface area contributed by atoms with Gasteiger partial charge in [0.05, 0.1) is 26.2 Å². The first-order valence-corrected chi connectivity index (χ1v) is 8.42. The van der Waals surface area contributed by atoms with Crippen molar-refractivity contribution >= 4 is 12.3 Å². The fourth-order valence-electron chi connectivity index (χ4n) is 2.86. The second-order valence-electron chi connectivity index (χ2n) is 6.48. The number of hydrogen-bond acceptors (Lipinski definition) is 5. The van der Waals surface area contributed by atoms with Crippen LogP contribution >= 0.6 is 0 Å². The monoisotopic (exact) mass is 334 g/mol. The Labute approximate surface area is 143 Å². The number of hydrogen-bond donors (Lipinski definition) is 0. The van der Waals surface area contributed by atoms with Gasteiger partial charge in [-0.3, -0.25) is 4.79 Å². The second-order valence-corrected chi connectivity index (χ2v) is 6.48. The molecule has 0 saturated carbocycles. The van der Waals surface area contributed by atoms with Gasteiger partial charge in [0.25, 0.3) is 0 Å². The van der Waals surface area contributed by atoms with Crippen LogP contribution in [0.25, 0.3) is 0 Å². The zero-order valence-electron chi connectivity index (χ0n) is 14.6. The summed E-state index contributed by atoms with van der Waals surface area (Å²) in [6.45, 7) is 4.31. The highest BCUT2D eigenvalue weighted by Gasteiger charge is 2.30. The molecule has 1 aliphatic heterocycles. The molecule has 1 aliphatic rings. The van der Waals surface area contributed by atoms with Crippen molar-refractivity contribution in [3.8, 4) is 5.75 Å². The van der Waals surface area contributed by atoms with Gasteiger partial charge >= 0.3 is 5.97 Å². The summed E-state index contributed by atoms with van der Waals surface area (Å²) in [6, 6.07) is 7.68. The molecule has 4 atom stereocenters. The molecule has 132 valence electrons.